The Kier molecular flexibility index (Phi) is 4.07. The van der Waals surface area contributed by atoms with Gasteiger partial charge in [-0.05, 0) is 39.7 Å². The van der Waals surface area contributed by atoms with E-state index in [4.69, 9.17) is 19.4 Å². The van der Waals surface area contributed by atoms with Gasteiger partial charge in [0.1, 0.15) is 16.5 Å². The van der Waals surface area contributed by atoms with Crippen molar-refractivity contribution in [1.29, 1.82) is 0 Å². The topological polar surface area (TPSA) is 69.2 Å². The van der Waals surface area contributed by atoms with Gasteiger partial charge in [0.2, 0.25) is 0 Å². The molecule has 1 saturated heterocycles. The van der Waals surface area contributed by atoms with E-state index in [1.807, 2.05) is 6.92 Å². The number of hydrogen-bond donors (Lipinski definition) is 1. The number of aryl methyl sites for hydroxylation is 1. The van der Waals surface area contributed by atoms with Crippen LogP contribution in [0.15, 0.2) is 6.07 Å². The van der Waals surface area contributed by atoms with Crippen LogP contribution in [0.1, 0.15) is 43.8 Å². The SMILES string of the molecule is Cc1nc(NC[C@H]2CCCO2)c2sc3nc4c(cc3c2n1)COC(C)(C)C4. The molecule has 0 saturated carbocycles. The van der Waals surface area contributed by atoms with Crippen molar-refractivity contribution in [2.75, 3.05) is 18.5 Å². The maximum absolute atomic E-state index is 5.98. The minimum Gasteiger partial charge on any atom is -0.376 e. The molecule has 7 heteroatoms. The molecule has 0 radical (unpaired) electrons. The molecule has 2 aliphatic rings. The Labute approximate surface area is 162 Å². The lowest BCUT2D eigenvalue weighted by atomic mass is 9.95. The third kappa shape index (κ3) is 3.17. The van der Waals surface area contributed by atoms with Crippen LogP contribution in [-0.4, -0.2) is 39.8 Å². The number of fused-ring (bicyclic) bond motifs is 4. The fraction of sp³-hybridized carbons (Fsp3) is 0.550. The highest BCUT2D eigenvalue weighted by atomic mass is 32.1. The van der Waals surface area contributed by atoms with Crippen molar-refractivity contribution >= 4 is 37.6 Å². The van der Waals surface area contributed by atoms with Crippen LogP contribution in [0.5, 0.6) is 0 Å². The van der Waals surface area contributed by atoms with Gasteiger partial charge >= 0.3 is 0 Å². The summed E-state index contributed by atoms with van der Waals surface area (Å²) in [5.41, 5.74) is 3.14. The summed E-state index contributed by atoms with van der Waals surface area (Å²) in [6.07, 6.45) is 3.36. The van der Waals surface area contributed by atoms with E-state index < -0.39 is 0 Å². The summed E-state index contributed by atoms with van der Waals surface area (Å²) in [7, 11) is 0. The number of rotatable bonds is 3. The van der Waals surface area contributed by atoms with Crippen LogP contribution in [0.4, 0.5) is 5.82 Å². The molecule has 0 spiro atoms. The lowest BCUT2D eigenvalue weighted by Crippen LogP contribution is -2.32. The van der Waals surface area contributed by atoms with Crippen LogP contribution in [-0.2, 0) is 22.5 Å². The molecule has 142 valence electrons. The molecule has 0 amide bonds. The highest BCUT2D eigenvalue weighted by molar-refractivity contribution is 7.25. The van der Waals surface area contributed by atoms with Crippen LogP contribution in [0.25, 0.3) is 20.4 Å². The van der Waals surface area contributed by atoms with Gasteiger partial charge in [0.05, 0.1) is 34.2 Å². The summed E-state index contributed by atoms with van der Waals surface area (Å²) in [5, 5.41) is 4.60. The molecule has 3 aromatic rings. The van der Waals surface area contributed by atoms with Gasteiger partial charge in [-0.2, -0.15) is 0 Å². The predicted octanol–water partition coefficient (Wildman–Crippen LogP) is 3.99. The number of pyridine rings is 1. The van der Waals surface area contributed by atoms with Crippen LogP contribution < -0.4 is 5.32 Å². The van der Waals surface area contributed by atoms with E-state index in [0.717, 1.165) is 70.2 Å². The van der Waals surface area contributed by atoms with E-state index >= 15 is 0 Å². The Balaban J connectivity index is 1.58. The second-order valence-electron chi connectivity index (χ2n) is 8.09. The minimum absolute atomic E-state index is 0.158. The van der Waals surface area contributed by atoms with E-state index in [0.29, 0.717) is 6.61 Å². The van der Waals surface area contributed by atoms with Gasteiger partial charge in [-0.1, -0.05) is 0 Å². The van der Waals surface area contributed by atoms with E-state index in [1.54, 1.807) is 11.3 Å². The van der Waals surface area contributed by atoms with E-state index in [2.05, 4.69) is 30.2 Å². The average Bonchev–Trinajstić information content (AvgIpc) is 3.25. The summed E-state index contributed by atoms with van der Waals surface area (Å²) in [5.74, 6) is 1.66. The molecule has 6 nitrogen and oxygen atoms in total. The van der Waals surface area contributed by atoms with Crippen LogP contribution >= 0.6 is 11.3 Å². The van der Waals surface area contributed by atoms with E-state index in [-0.39, 0.29) is 11.7 Å². The third-order valence-corrected chi connectivity index (χ3v) is 6.42. The fourth-order valence-electron chi connectivity index (χ4n) is 3.90. The van der Waals surface area contributed by atoms with Crippen molar-refractivity contribution in [2.45, 2.75) is 58.3 Å². The molecular weight excluding hydrogens is 360 g/mol. The van der Waals surface area contributed by atoms with E-state index in [9.17, 15) is 0 Å². The first-order chi connectivity index (χ1) is 13.0. The Morgan fingerprint density at radius 2 is 2.19 bits per heavy atom. The van der Waals surface area contributed by atoms with Crippen LogP contribution in [0.3, 0.4) is 0 Å². The Morgan fingerprint density at radius 1 is 1.30 bits per heavy atom. The van der Waals surface area contributed by atoms with Crippen molar-refractivity contribution in [3.8, 4) is 0 Å². The summed E-state index contributed by atoms with van der Waals surface area (Å²) >= 11 is 1.67. The molecule has 2 aliphatic heterocycles. The number of nitrogens with one attached hydrogen (secondary N) is 1. The fourth-order valence-corrected chi connectivity index (χ4v) is 4.98. The summed E-state index contributed by atoms with van der Waals surface area (Å²) < 4.78 is 12.8. The number of aromatic nitrogens is 3. The Morgan fingerprint density at radius 3 is 3.00 bits per heavy atom. The molecule has 27 heavy (non-hydrogen) atoms. The minimum atomic E-state index is -0.158. The van der Waals surface area contributed by atoms with Gasteiger partial charge < -0.3 is 14.8 Å². The normalized spacial score (nSPS) is 21.7. The zero-order valence-electron chi connectivity index (χ0n) is 16.0. The van der Waals surface area contributed by atoms with E-state index in [1.165, 1.54) is 5.56 Å². The monoisotopic (exact) mass is 384 g/mol. The van der Waals surface area contributed by atoms with Gasteiger partial charge in [-0.15, -0.1) is 11.3 Å². The molecule has 1 N–H and O–H groups in total. The molecule has 1 fully saturated rings. The highest BCUT2D eigenvalue weighted by Gasteiger charge is 2.28. The molecule has 0 bridgehead atoms. The number of anilines is 1. The van der Waals surface area contributed by atoms with Crippen molar-refractivity contribution < 1.29 is 9.47 Å². The van der Waals surface area contributed by atoms with Crippen molar-refractivity contribution in [2.24, 2.45) is 0 Å². The molecule has 5 heterocycles. The molecule has 0 unspecified atom stereocenters. The Bertz CT molecular complexity index is 1020. The van der Waals surface area contributed by atoms with Crippen molar-refractivity contribution in [3.63, 3.8) is 0 Å². The smallest absolute Gasteiger partial charge is 0.147 e. The van der Waals surface area contributed by atoms with Gasteiger partial charge in [0.25, 0.3) is 0 Å². The van der Waals surface area contributed by atoms with Gasteiger partial charge in [-0.3, -0.25) is 0 Å². The van der Waals surface area contributed by atoms with Crippen LogP contribution in [0, 0.1) is 6.92 Å². The van der Waals surface area contributed by atoms with Crippen molar-refractivity contribution in [3.05, 3.63) is 23.1 Å². The number of ether oxygens (including phenoxy) is 2. The largest absolute Gasteiger partial charge is 0.376 e. The zero-order chi connectivity index (χ0) is 18.6. The maximum Gasteiger partial charge on any atom is 0.147 e. The van der Waals surface area contributed by atoms with Gasteiger partial charge in [0.15, 0.2) is 0 Å². The first kappa shape index (κ1) is 17.3. The molecule has 5 rings (SSSR count). The van der Waals surface area contributed by atoms with Crippen molar-refractivity contribution in [1.82, 2.24) is 15.0 Å². The second-order valence-corrected chi connectivity index (χ2v) is 9.09. The van der Waals surface area contributed by atoms with Gasteiger partial charge in [0, 0.05) is 30.5 Å². The molecule has 0 aromatic carbocycles. The summed E-state index contributed by atoms with van der Waals surface area (Å²) in [4.78, 5) is 15.4. The molecule has 0 aliphatic carbocycles. The quantitative estimate of drug-likeness (QED) is 0.736. The average molecular weight is 385 g/mol. The molecular formula is C20H24N4O2S. The predicted molar refractivity (Wildman–Crippen MR) is 107 cm³/mol. The summed E-state index contributed by atoms with van der Waals surface area (Å²) in [6.45, 7) is 8.44. The third-order valence-electron chi connectivity index (χ3n) is 5.32. The first-order valence-electron chi connectivity index (χ1n) is 9.58. The number of nitrogens with zero attached hydrogens (tertiary/aromatic N) is 3. The summed E-state index contributed by atoms with van der Waals surface area (Å²) in [6, 6.07) is 2.21. The zero-order valence-corrected chi connectivity index (χ0v) is 16.8. The number of hydrogen-bond acceptors (Lipinski definition) is 7. The molecule has 1 atom stereocenters. The molecule has 3 aromatic heterocycles. The lowest BCUT2D eigenvalue weighted by molar-refractivity contribution is -0.0411. The lowest BCUT2D eigenvalue weighted by Gasteiger charge is -2.30. The van der Waals surface area contributed by atoms with Crippen LogP contribution in [0.2, 0.25) is 0 Å². The number of thiophene rings is 1. The maximum atomic E-state index is 5.98. The Hall–Kier alpha value is -1.83. The highest BCUT2D eigenvalue weighted by Crippen LogP contribution is 2.38. The standard InChI is InChI=1S/C20H24N4O2S/c1-11-22-16-14-7-12-10-26-20(2,3)8-15(12)24-19(14)27-17(16)18(23-11)21-9-13-5-4-6-25-13/h7,13H,4-6,8-10H2,1-3H3,(H,21,22,23)/t13-/m1/s1. The first-order valence-corrected chi connectivity index (χ1v) is 10.4. The second kappa shape index (κ2) is 6.36. The van der Waals surface area contributed by atoms with Gasteiger partial charge in [-0.25, -0.2) is 15.0 Å².